The van der Waals surface area contributed by atoms with E-state index in [1.807, 2.05) is 38.0 Å². The van der Waals surface area contributed by atoms with E-state index in [2.05, 4.69) is 4.99 Å². The summed E-state index contributed by atoms with van der Waals surface area (Å²) in [6, 6.07) is 7.19. The van der Waals surface area contributed by atoms with Gasteiger partial charge in [-0.25, -0.2) is 14.8 Å². The molecule has 0 saturated carbocycles. The van der Waals surface area contributed by atoms with Gasteiger partial charge in [-0.05, 0) is 38.1 Å². The molecule has 0 bridgehead atoms. The first kappa shape index (κ1) is 14.2. The lowest BCUT2D eigenvalue weighted by Crippen LogP contribution is -2.46. The second-order valence-electron chi connectivity index (χ2n) is 4.57. The minimum absolute atomic E-state index is 0.433. The number of benzene rings is 1. The molecular formula is C12H14ClN3O2S. The standard InChI is InChI=1S/C12H14ClN3O2S/c1-12(2)14-10(19-11(17)18)16(15(12)3)9-6-4-8(13)5-7-9/h4-7H,1-3H3,(H,17,18). The average molecular weight is 300 g/mol. The van der Waals surface area contributed by atoms with E-state index in [1.165, 1.54) is 0 Å². The second kappa shape index (κ2) is 5.03. The molecule has 5 nitrogen and oxygen atoms in total. The quantitative estimate of drug-likeness (QED) is 0.860. The molecular weight excluding hydrogens is 286 g/mol. The molecule has 0 aromatic heterocycles. The fraction of sp³-hybridized carbons (Fsp3) is 0.333. The van der Waals surface area contributed by atoms with E-state index in [0.717, 1.165) is 5.69 Å². The van der Waals surface area contributed by atoms with Crippen LogP contribution in [-0.2, 0) is 0 Å². The molecule has 19 heavy (non-hydrogen) atoms. The Morgan fingerprint density at radius 1 is 1.37 bits per heavy atom. The molecule has 0 amide bonds. The summed E-state index contributed by atoms with van der Waals surface area (Å²) in [5.41, 5.74) is 0.335. The molecule has 1 heterocycles. The van der Waals surface area contributed by atoms with E-state index in [9.17, 15) is 4.79 Å². The van der Waals surface area contributed by atoms with E-state index in [4.69, 9.17) is 16.7 Å². The molecule has 2 rings (SSSR count). The Kier molecular flexibility index (Phi) is 3.75. The third-order valence-corrected chi connectivity index (χ3v) is 3.77. The van der Waals surface area contributed by atoms with Crippen molar-refractivity contribution in [3.8, 4) is 0 Å². The van der Waals surface area contributed by atoms with Gasteiger partial charge in [-0.3, -0.25) is 0 Å². The molecule has 0 spiro atoms. The summed E-state index contributed by atoms with van der Waals surface area (Å²) in [5, 5.41) is 12.7. The molecule has 0 fully saturated rings. The van der Waals surface area contributed by atoms with Crippen molar-refractivity contribution < 1.29 is 9.90 Å². The molecule has 1 N–H and O–H groups in total. The van der Waals surface area contributed by atoms with Gasteiger partial charge in [0.2, 0.25) is 0 Å². The summed E-state index contributed by atoms with van der Waals surface area (Å²) in [7, 11) is 1.87. The highest BCUT2D eigenvalue weighted by Crippen LogP contribution is 2.33. The van der Waals surface area contributed by atoms with Gasteiger partial charge in [0.25, 0.3) is 0 Å². The van der Waals surface area contributed by atoms with Crippen LogP contribution in [0.4, 0.5) is 10.5 Å². The number of nitrogens with zero attached hydrogens (tertiary/aromatic N) is 3. The highest BCUT2D eigenvalue weighted by molar-refractivity contribution is 8.26. The van der Waals surface area contributed by atoms with Crippen molar-refractivity contribution in [1.29, 1.82) is 0 Å². The van der Waals surface area contributed by atoms with Crippen molar-refractivity contribution in [2.24, 2.45) is 4.99 Å². The van der Waals surface area contributed by atoms with Gasteiger partial charge >= 0.3 is 5.30 Å². The fourth-order valence-electron chi connectivity index (χ4n) is 1.74. The van der Waals surface area contributed by atoms with Crippen LogP contribution in [0.2, 0.25) is 5.02 Å². The Balaban J connectivity index is 2.38. The van der Waals surface area contributed by atoms with Crippen molar-refractivity contribution in [1.82, 2.24) is 5.01 Å². The number of aliphatic imine (C=N–C) groups is 1. The summed E-state index contributed by atoms with van der Waals surface area (Å²) in [4.78, 5) is 15.4. The number of rotatable bonds is 1. The Labute approximate surface area is 120 Å². The predicted octanol–water partition coefficient (Wildman–Crippen LogP) is 3.51. The summed E-state index contributed by atoms with van der Waals surface area (Å²) >= 11 is 6.56. The monoisotopic (exact) mass is 299 g/mol. The van der Waals surface area contributed by atoms with Gasteiger partial charge in [0.05, 0.1) is 5.69 Å². The minimum Gasteiger partial charge on any atom is -0.473 e. The van der Waals surface area contributed by atoms with Crippen LogP contribution in [0.1, 0.15) is 13.8 Å². The number of amidine groups is 1. The van der Waals surface area contributed by atoms with E-state index < -0.39 is 11.0 Å². The van der Waals surface area contributed by atoms with Gasteiger partial charge in [-0.15, -0.1) is 0 Å². The Bertz CT molecular complexity index is 530. The van der Waals surface area contributed by atoms with Crippen LogP contribution < -0.4 is 5.01 Å². The number of anilines is 1. The van der Waals surface area contributed by atoms with E-state index in [0.29, 0.717) is 22.0 Å². The van der Waals surface area contributed by atoms with Gasteiger partial charge < -0.3 is 5.11 Å². The number of hydrazine groups is 1. The third kappa shape index (κ3) is 2.86. The number of carboxylic acid groups (broad SMARTS) is 1. The largest absolute Gasteiger partial charge is 0.473 e. The van der Waals surface area contributed by atoms with E-state index in [1.54, 1.807) is 17.1 Å². The molecule has 7 heteroatoms. The Hall–Kier alpha value is -1.24. The van der Waals surface area contributed by atoms with Crippen molar-refractivity contribution in [3.63, 3.8) is 0 Å². The molecule has 0 radical (unpaired) electrons. The first-order chi connectivity index (χ1) is 8.81. The molecule has 102 valence electrons. The highest BCUT2D eigenvalue weighted by atomic mass is 35.5. The number of thioether (sulfide) groups is 1. The van der Waals surface area contributed by atoms with Gasteiger partial charge in [-0.1, -0.05) is 11.6 Å². The summed E-state index contributed by atoms with van der Waals surface area (Å²) in [6.07, 6.45) is 0. The average Bonchev–Trinajstić information content (AvgIpc) is 2.50. The molecule has 1 aromatic rings. The third-order valence-electron chi connectivity index (χ3n) is 2.89. The van der Waals surface area contributed by atoms with E-state index in [-0.39, 0.29) is 0 Å². The number of halogens is 1. The summed E-state index contributed by atoms with van der Waals surface area (Å²) in [5.74, 6) is 0. The van der Waals surface area contributed by atoms with Crippen molar-refractivity contribution >= 4 is 39.5 Å². The Morgan fingerprint density at radius 2 is 1.95 bits per heavy atom. The van der Waals surface area contributed by atoms with Crippen LogP contribution in [0.3, 0.4) is 0 Å². The smallest absolute Gasteiger partial charge is 0.372 e. The zero-order valence-corrected chi connectivity index (χ0v) is 12.4. The maximum absolute atomic E-state index is 10.9. The van der Waals surface area contributed by atoms with Crippen LogP contribution in [0.5, 0.6) is 0 Å². The maximum atomic E-state index is 10.9. The lowest BCUT2D eigenvalue weighted by Gasteiger charge is -2.33. The van der Waals surface area contributed by atoms with Crippen molar-refractivity contribution in [3.05, 3.63) is 29.3 Å². The predicted molar refractivity (Wildman–Crippen MR) is 78.8 cm³/mol. The molecule has 0 atom stereocenters. The molecule has 1 aromatic carbocycles. The maximum Gasteiger partial charge on any atom is 0.372 e. The molecule has 1 aliphatic heterocycles. The summed E-state index contributed by atoms with van der Waals surface area (Å²) < 4.78 is 0. The second-order valence-corrected chi connectivity index (χ2v) is 5.92. The van der Waals surface area contributed by atoms with Gasteiger partial charge in [-0.2, -0.15) is 5.01 Å². The fourth-order valence-corrected chi connectivity index (χ4v) is 2.60. The lowest BCUT2D eigenvalue weighted by molar-refractivity contribution is 0.195. The van der Waals surface area contributed by atoms with Crippen molar-refractivity contribution in [2.45, 2.75) is 19.5 Å². The summed E-state index contributed by atoms with van der Waals surface area (Å²) in [6.45, 7) is 3.84. The minimum atomic E-state index is -0.983. The van der Waals surface area contributed by atoms with E-state index >= 15 is 0 Å². The first-order valence-corrected chi connectivity index (χ1v) is 6.81. The highest BCUT2D eigenvalue weighted by Gasteiger charge is 2.39. The first-order valence-electron chi connectivity index (χ1n) is 5.61. The normalized spacial score (nSPS) is 18.5. The van der Waals surface area contributed by atoms with Gasteiger partial charge in [0, 0.05) is 23.8 Å². The molecule has 1 aliphatic rings. The van der Waals surface area contributed by atoms with Gasteiger partial charge in [0.15, 0.2) is 5.17 Å². The zero-order valence-electron chi connectivity index (χ0n) is 10.8. The SMILES string of the molecule is CN1N(c2ccc(Cl)cc2)C(SC(=O)O)=NC1(C)C. The zero-order chi connectivity index (χ0) is 14.2. The van der Waals surface area contributed by atoms with Crippen LogP contribution in [0, 0.1) is 0 Å². The number of hydrogen-bond acceptors (Lipinski definition) is 5. The lowest BCUT2D eigenvalue weighted by atomic mass is 10.2. The van der Waals surface area contributed by atoms with Crippen LogP contribution in [0.15, 0.2) is 29.3 Å². The molecule has 0 unspecified atom stereocenters. The Morgan fingerprint density at radius 3 is 2.47 bits per heavy atom. The van der Waals surface area contributed by atoms with Crippen LogP contribution in [-0.4, -0.2) is 33.3 Å². The van der Waals surface area contributed by atoms with Crippen molar-refractivity contribution in [2.75, 3.05) is 12.1 Å². The molecule has 0 aliphatic carbocycles. The topological polar surface area (TPSA) is 56.1 Å². The number of carbonyl (C=O) groups is 1. The number of hydrogen-bond donors (Lipinski definition) is 1. The van der Waals surface area contributed by atoms with Gasteiger partial charge in [0.1, 0.15) is 5.66 Å². The molecule has 0 saturated heterocycles. The van der Waals surface area contributed by atoms with Crippen LogP contribution in [0.25, 0.3) is 0 Å². The van der Waals surface area contributed by atoms with Crippen LogP contribution >= 0.6 is 23.4 Å².